The normalized spacial score (nSPS) is 26.6. The molecule has 0 aromatic carbocycles. The molecule has 1 aliphatic heterocycles. The number of hydrogen-bond donors (Lipinski definition) is 6. The lowest BCUT2D eigenvalue weighted by Gasteiger charge is -2.32. The van der Waals surface area contributed by atoms with Crippen molar-refractivity contribution in [2.45, 2.75) is 74.9 Å². The fourth-order valence-electron chi connectivity index (χ4n) is 4.56. The number of aliphatic imine (C=N–C) groups is 1. The number of aromatic nitrogens is 1. The van der Waals surface area contributed by atoms with Crippen molar-refractivity contribution in [2.75, 3.05) is 13.4 Å². The lowest BCUT2D eigenvalue weighted by Crippen LogP contribution is -2.75. The second-order valence-corrected chi connectivity index (χ2v) is 9.44. The highest BCUT2D eigenvalue weighted by molar-refractivity contribution is 5.97. The fraction of sp³-hybridized carbons (Fsp3) is 0.583. The van der Waals surface area contributed by atoms with Crippen molar-refractivity contribution in [3.63, 3.8) is 0 Å². The average molecular weight is 550 g/mol. The van der Waals surface area contributed by atoms with E-state index in [-0.39, 0.29) is 23.6 Å². The van der Waals surface area contributed by atoms with Crippen molar-refractivity contribution in [3.8, 4) is 6.07 Å². The Morgan fingerprint density at radius 2 is 1.97 bits per heavy atom. The van der Waals surface area contributed by atoms with Crippen LogP contribution in [0.25, 0.3) is 0 Å². The summed E-state index contributed by atoms with van der Waals surface area (Å²) in [6, 6.07) is 4.65. The molecule has 1 aromatic rings. The number of carbonyl (C=O) groups is 3. The largest absolute Gasteiger partial charge is 0.514 e. The summed E-state index contributed by atoms with van der Waals surface area (Å²) in [5.41, 5.74) is 9.14. The molecule has 0 spiro atoms. The fourth-order valence-corrected chi connectivity index (χ4v) is 4.56. The number of aromatic amines is 1. The molecule has 8 N–H and O–H groups in total. The minimum absolute atomic E-state index is 0.0122. The minimum atomic E-state index is -2.07. The quantitative estimate of drug-likeness (QED) is 0.0885. The van der Waals surface area contributed by atoms with E-state index in [1.807, 2.05) is 6.07 Å². The van der Waals surface area contributed by atoms with Crippen LogP contribution in [0.4, 0.5) is 4.79 Å². The van der Waals surface area contributed by atoms with E-state index in [1.165, 1.54) is 12.1 Å². The van der Waals surface area contributed by atoms with Crippen molar-refractivity contribution < 1.29 is 48.5 Å². The first-order valence-corrected chi connectivity index (χ1v) is 12.3. The predicted octanol–water partition coefficient (Wildman–Crippen LogP) is -2.08. The highest BCUT2D eigenvalue weighted by atomic mass is 16.7. The van der Waals surface area contributed by atoms with Crippen LogP contribution in [-0.4, -0.2) is 82.7 Å². The smallest absolute Gasteiger partial charge is 0.463 e. The number of nitrogens with zero attached hydrogens (tertiary/aromatic N) is 2. The van der Waals surface area contributed by atoms with E-state index in [0.717, 1.165) is 32.5 Å². The molecule has 0 radical (unpaired) electrons. The molecule has 1 saturated carbocycles. The van der Waals surface area contributed by atoms with Crippen molar-refractivity contribution >= 4 is 30.2 Å². The van der Waals surface area contributed by atoms with Gasteiger partial charge in [0.15, 0.2) is 6.34 Å². The molecule has 1 aromatic heterocycles. The first-order valence-electron chi connectivity index (χ1n) is 12.3. The van der Waals surface area contributed by atoms with Crippen molar-refractivity contribution in [3.05, 3.63) is 23.5 Å². The number of nitrogens with two attached hydrogens (primary N) is 2. The Balaban J connectivity index is 1.71. The van der Waals surface area contributed by atoms with Gasteiger partial charge in [0.05, 0.1) is 12.1 Å². The molecule has 212 valence electrons. The van der Waals surface area contributed by atoms with E-state index in [4.69, 9.17) is 20.9 Å². The summed E-state index contributed by atoms with van der Waals surface area (Å²) < 4.78 is 20.2. The topological polar surface area (TPSA) is 247 Å². The zero-order valence-corrected chi connectivity index (χ0v) is 21.4. The van der Waals surface area contributed by atoms with Gasteiger partial charge in [-0.2, -0.15) is 5.26 Å². The average Bonchev–Trinajstić information content (AvgIpc) is 3.47. The highest BCUT2D eigenvalue weighted by Crippen LogP contribution is 2.39. The van der Waals surface area contributed by atoms with E-state index < -0.39 is 60.9 Å². The van der Waals surface area contributed by atoms with Gasteiger partial charge in [-0.05, 0) is 30.0 Å². The maximum atomic E-state index is 12.4. The van der Waals surface area contributed by atoms with Gasteiger partial charge in [-0.25, -0.2) is 9.79 Å². The molecule has 2 heterocycles. The van der Waals surface area contributed by atoms with Gasteiger partial charge in [0, 0.05) is 12.5 Å². The second-order valence-electron chi connectivity index (χ2n) is 9.44. The van der Waals surface area contributed by atoms with Gasteiger partial charge in [0.2, 0.25) is 12.4 Å². The number of aliphatic hydroxyl groups is 2. The van der Waals surface area contributed by atoms with Crippen LogP contribution in [0.3, 0.4) is 0 Å². The molecule has 4 atom stereocenters. The summed E-state index contributed by atoms with van der Waals surface area (Å²) in [4.78, 5) is 44.2. The number of H-pyrrole nitrogens is 1. The first-order chi connectivity index (χ1) is 18.5. The Hall–Kier alpha value is -3.84. The van der Waals surface area contributed by atoms with Crippen LogP contribution in [0.15, 0.2) is 17.1 Å². The molecule has 15 nitrogen and oxygen atoms in total. The third-order valence-corrected chi connectivity index (χ3v) is 6.59. The second kappa shape index (κ2) is 12.8. The van der Waals surface area contributed by atoms with Gasteiger partial charge < -0.3 is 45.6 Å². The lowest BCUT2D eigenvalue weighted by atomic mass is 9.80. The van der Waals surface area contributed by atoms with Gasteiger partial charge in [0.25, 0.3) is 5.84 Å². The molecule has 1 amide bonds. The minimum Gasteiger partial charge on any atom is -0.463 e. The Labute approximate surface area is 223 Å². The predicted molar refractivity (Wildman–Crippen MR) is 131 cm³/mol. The molecule has 1 saturated heterocycles. The van der Waals surface area contributed by atoms with Gasteiger partial charge in [-0.1, -0.05) is 19.3 Å². The third-order valence-electron chi connectivity index (χ3n) is 6.59. The number of esters is 2. The van der Waals surface area contributed by atoms with Crippen LogP contribution in [0.1, 0.15) is 56.8 Å². The molecule has 1 aliphatic carbocycles. The maximum Gasteiger partial charge on any atom is 0.514 e. The molecular formula is C24H33N6O9+. The van der Waals surface area contributed by atoms with E-state index in [2.05, 4.69) is 24.4 Å². The van der Waals surface area contributed by atoms with E-state index in [9.17, 15) is 29.9 Å². The number of nitrogens with one attached hydrogen (secondary N) is 2. The van der Waals surface area contributed by atoms with Crippen LogP contribution in [0.2, 0.25) is 0 Å². The molecule has 2 aliphatic rings. The first kappa shape index (κ1) is 29.7. The Morgan fingerprint density at radius 1 is 1.26 bits per heavy atom. The van der Waals surface area contributed by atoms with E-state index >= 15 is 0 Å². The zero-order chi connectivity index (χ0) is 28.6. The highest BCUT2D eigenvalue weighted by Gasteiger charge is 2.57. The summed E-state index contributed by atoms with van der Waals surface area (Å²) in [6.07, 6.45) is -0.267. The maximum absolute atomic E-state index is 12.4. The Bertz CT molecular complexity index is 1150. The van der Waals surface area contributed by atoms with Crippen LogP contribution in [-0.2, 0) is 34.1 Å². The number of amides is 1. The number of aliphatic hydroxyl groups excluding tert-OH is 2. The summed E-state index contributed by atoms with van der Waals surface area (Å²) in [6.45, 7) is 0.0757. The van der Waals surface area contributed by atoms with Crippen LogP contribution in [0, 0.1) is 11.3 Å². The summed E-state index contributed by atoms with van der Waals surface area (Å²) in [5, 5.41) is 31.3. The van der Waals surface area contributed by atoms with Crippen molar-refractivity contribution in [1.29, 1.82) is 5.26 Å². The third kappa shape index (κ3) is 7.18. The molecule has 0 unspecified atom stereocenters. The summed E-state index contributed by atoms with van der Waals surface area (Å²) >= 11 is 0. The summed E-state index contributed by atoms with van der Waals surface area (Å²) in [7, 11) is 0. The lowest BCUT2D eigenvalue weighted by molar-refractivity contribution is -0.309. The van der Waals surface area contributed by atoms with Gasteiger partial charge in [-0.3, -0.25) is 9.59 Å². The number of carbonyl (C=O) groups excluding carboxylic acids is 3. The van der Waals surface area contributed by atoms with Gasteiger partial charge in [-0.15, -0.1) is 0 Å². The molecule has 2 fully saturated rings. The molecule has 39 heavy (non-hydrogen) atoms. The standard InChI is InChI=1S/C24H32N6O9/c1-14(31)37-13-38-22(35)30-21(28-12-26)15-5-6-17(29-15)24(11-25)20(34)19(33)16(39-24)10-36-18(32)9-23(27)7-3-2-4-8-23/h5-6,12,16,19-20,29,33-34H,2-4,7-10,13,27H2,1H3,(H2,26,28,30,35)/p+1/t16-,19-,20-,24+/m1/s1. The van der Waals surface area contributed by atoms with Gasteiger partial charge >= 0.3 is 18.0 Å². The molecule has 15 heteroatoms. The molecule has 3 rings (SSSR count). The number of amidine groups is 1. The number of ether oxygens (including phenoxy) is 4. The van der Waals surface area contributed by atoms with Crippen molar-refractivity contribution in [1.82, 2.24) is 4.98 Å². The number of rotatable bonds is 8. The monoisotopic (exact) mass is 549 g/mol. The van der Waals surface area contributed by atoms with Gasteiger partial charge in [0.1, 0.15) is 36.7 Å². The molecular weight excluding hydrogens is 516 g/mol. The summed E-state index contributed by atoms with van der Waals surface area (Å²) in [5.74, 6) is -1.36. The van der Waals surface area contributed by atoms with Crippen LogP contribution >= 0.6 is 0 Å². The van der Waals surface area contributed by atoms with Crippen LogP contribution < -0.4 is 16.5 Å². The van der Waals surface area contributed by atoms with Crippen LogP contribution in [0.5, 0.6) is 0 Å². The Kier molecular flexibility index (Phi) is 9.76. The van der Waals surface area contributed by atoms with Crippen molar-refractivity contribution in [2.24, 2.45) is 16.5 Å². The SMILES string of the molecule is CC(=O)OCOC(=O)/N=C(\[NH+]=CN)c1ccc([C@]2(C#N)O[C@H](COC(=O)CC3(N)CCCCC3)[C@@H](O)[C@H]2O)[nH]1. The van der Waals surface area contributed by atoms with E-state index in [0.29, 0.717) is 12.8 Å². The number of hydrogen-bond acceptors (Lipinski definition) is 11. The Morgan fingerprint density at radius 3 is 2.62 bits per heavy atom. The zero-order valence-electron chi connectivity index (χ0n) is 21.4. The molecule has 0 bridgehead atoms. The van der Waals surface area contributed by atoms with E-state index in [1.54, 1.807) is 0 Å². The number of nitriles is 1.